The summed E-state index contributed by atoms with van der Waals surface area (Å²) in [6.45, 7) is 5.89. The molecule has 3 rings (SSSR count). The van der Waals surface area contributed by atoms with Crippen molar-refractivity contribution in [1.29, 1.82) is 0 Å². The molecule has 0 aliphatic carbocycles. The monoisotopic (exact) mass is 391 g/mol. The lowest BCUT2D eigenvalue weighted by atomic mass is 10.0. The van der Waals surface area contributed by atoms with Crippen molar-refractivity contribution in [1.82, 2.24) is 15.1 Å². The van der Waals surface area contributed by atoms with Crippen molar-refractivity contribution in [2.75, 3.05) is 39.3 Å². The van der Waals surface area contributed by atoms with Crippen LogP contribution in [0.25, 0.3) is 17.2 Å². The van der Waals surface area contributed by atoms with Crippen LogP contribution >= 0.6 is 0 Å². The van der Waals surface area contributed by atoms with Gasteiger partial charge in [-0.3, -0.25) is 14.5 Å². The van der Waals surface area contributed by atoms with Crippen molar-refractivity contribution in [3.63, 3.8) is 0 Å². The van der Waals surface area contributed by atoms with Gasteiger partial charge in [0.05, 0.1) is 6.54 Å². The van der Waals surface area contributed by atoms with E-state index in [9.17, 15) is 9.59 Å². The third kappa shape index (κ3) is 6.29. The van der Waals surface area contributed by atoms with E-state index in [1.807, 2.05) is 48.2 Å². The van der Waals surface area contributed by atoms with Gasteiger partial charge in [-0.2, -0.15) is 0 Å². The van der Waals surface area contributed by atoms with E-state index in [4.69, 9.17) is 0 Å². The van der Waals surface area contributed by atoms with Gasteiger partial charge < -0.3 is 10.2 Å². The maximum Gasteiger partial charge on any atom is 0.246 e. The van der Waals surface area contributed by atoms with E-state index in [0.717, 1.165) is 42.7 Å². The summed E-state index contributed by atoms with van der Waals surface area (Å²) in [7, 11) is 0. The van der Waals surface area contributed by atoms with Crippen LogP contribution in [0.5, 0.6) is 0 Å². The largest absolute Gasteiger partial charge is 0.355 e. The zero-order valence-corrected chi connectivity index (χ0v) is 17.0. The second-order valence-corrected chi connectivity index (χ2v) is 7.23. The van der Waals surface area contributed by atoms with Crippen LogP contribution in [0.4, 0.5) is 0 Å². The number of hydrogen-bond acceptors (Lipinski definition) is 3. The standard InChI is InChI=1S/C24H29N3O2/c1-2-25-23(28)19-26-14-7-15-27(17-16-26)24(29)13-12-20-8-6-11-22(18-20)21-9-4-3-5-10-21/h3-6,8-13,18H,2,7,14-17,19H2,1H3,(H,25,28)/b13-12+. The first-order chi connectivity index (χ1) is 14.2. The molecule has 2 aromatic rings. The first kappa shape index (κ1) is 20.8. The van der Waals surface area contributed by atoms with Crippen LogP contribution in [0.2, 0.25) is 0 Å². The van der Waals surface area contributed by atoms with Gasteiger partial charge in [0.25, 0.3) is 0 Å². The maximum absolute atomic E-state index is 12.7. The Balaban J connectivity index is 1.57. The summed E-state index contributed by atoms with van der Waals surface area (Å²) in [5.74, 6) is 0.0699. The first-order valence-electron chi connectivity index (χ1n) is 10.3. The first-order valence-corrected chi connectivity index (χ1v) is 10.3. The van der Waals surface area contributed by atoms with E-state index in [2.05, 4.69) is 34.5 Å². The molecule has 152 valence electrons. The summed E-state index contributed by atoms with van der Waals surface area (Å²) in [4.78, 5) is 28.4. The lowest BCUT2D eigenvalue weighted by Gasteiger charge is -2.20. The van der Waals surface area contributed by atoms with Crippen LogP contribution in [0.1, 0.15) is 18.9 Å². The fraction of sp³-hybridized carbons (Fsp3) is 0.333. The van der Waals surface area contributed by atoms with Crippen molar-refractivity contribution in [3.05, 3.63) is 66.2 Å². The fourth-order valence-corrected chi connectivity index (χ4v) is 3.53. The lowest BCUT2D eigenvalue weighted by Crippen LogP contribution is -2.39. The number of amides is 2. The smallest absolute Gasteiger partial charge is 0.246 e. The van der Waals surface area contributed by atoms with Crippen molar-refractivity contribution in [2.24, 2.45) is 0 Å². The zero-order chi connectivity index (χ0) is 20.5. The van der Waals surface area contributed by atoms with Gasteiger partial charge in [-0.15, -0.1) is 0 Å². The molecule has 5 nitrogen and oxygen atoms in total. The normalized spacial score (nSPS) is 15.3. The topological polar surface area (TPSA) is 52.7 Å². The molecular formula is C24H29N3O2. The predicted molar refractivity (Wildman–Crippen MR) is 117 cm³/mol. The fourth-order valence-electron chi connectivity index (χ4n) is 3.53. The van der Waals surface area contributed by atoms with E-state index < -0.39 is 0 Å². The van der Waals surface area contributed by atoms with E-state index in [0.29, 0.717) is 19.6 Å². The Hall–Kier alpha value is -2.92. The molecule has 1 N–H and O–H groups in total. The third-order valence-corrected chi connectivity index (χ3v) is 5.05. The third-order valence-electron chi connectivity index (χ3n) is 5.05. The van der Waals surface area contributed by atoms with Crippen molar-refractivity contribution in [3.8, 4) is 11.1 Å². The molecule has 0 spiro atoms. The number of rotatable bonds is 6. The van der Waals surface area contributed by atoms with Gasteiger partial charge in [-0.25, -0.2) is 0 Å². The minimum atomic E-state index is 0.0231. The summed E-state index contributed by atoms with van der Waals surface area (Å²) in [5.41, 5.74) is 3.30. The highest BCUT2D eigenvalue weighted by Gasteiger charge is 2.18. The molecule has 0 saturated carbocycles. The Labute approximate surface area is 173 Å². The van der Waals surface area contributed by atoms with E-state index in [1.54, 1.807) is 6.08 Å². The summed E-state index contributed by atoms with van der Waals surface area (Å²) >= 11 is 0. The molecule has 0 aromatic heterocycles. The molecule has 1 heterocycles. The highest BCUT2D eigenvalue weighted by Crippen LogP contribution is 2.20. The second kappa shape index (κ2) is 10.6. The minimum Gasteiger partial charge on any atom is -0.355 e. The van der Waals surface area contributed by atoms with Crippen molar-refractivity contribution >= 4 is 17.9 Å². The van der Waals surface area contributed by atoms with Gasteiger partial charge in [-0.1, -0.05) is 48.5 Å². The molecule has 1 saturated heterocycles. The Morgan fingerprint density at radius 2 is 1.76 bits per heavy atom. The Morgan fingerprint density at radius 1 is 0.966 bits per heavy atom. The van der Waals surface area contributed by atoms with E-state index in [-0.39, 0.29) is 11.8 Å². The van der Waals surface area contributed by atoms with Gasteiger partial charge in [0, 0.05) is 38.8 Å². The molecule has 0 unspecified atom stereocenters. The van der Waals surface area contributed by atoms with Crippen LogP contribution in [0.3, 0.4) is 0 Å². The van der Waals surface area contributed by atoms with Gasteiger partial charge in [0.15, 0.2) is 0 Å². The van der Waals surface area contributed by atoms with Crippen molar-refractivity contribution in [2.45, 2.75) is 13.3 Å². The van der Waals surface area contributed by atoms with Crippen LogP contribution in [-0.4, -0.2) is 60.9 Å². The summed E-state index contributed by atoms with van der Waals surface area (Å²) in [5, 5.41) is 2.83. The molecule has 29 heavy (non-hydrogen) atoms. The molecule has 0 radical (unpaired) electrons. The van der Waals surface area contributed by atoms with Crippen LogP contribution in [0.15, 0.2) is 60.7 Å². The number of carbonyl (C=O) groups is 2. The van der Waals surface area contributed by atoms with Gasteiger partial charge >= 0.3 is 0 Å². The van der Waals surface area contributed by atoms with E-state index >= 15 is 0 Å². The molecule has 5 heteroatoms. The number of benzene rings is 2. The van der Waals surface area contributed by atoms with Gasteiger partial charge in [-0.05, 0) is 42.2 Å². The number of likely N-dealkylation sites (N-methyl/N-ethyl adjacent to an activating group) is 1. The van der Waals surface area contributed by atoms with Crippen LogP contribution in [0, 0.1) is 0 Å². The number of hydrogen-bond donors (Lipinski definition) is 1. The minimum absolute atomic E-state index is 0.0231. The van der Waals surface area contributed by atoms with Gasteiger partial charge in [0.2, 0.25) is 11.8 Å². The SMILES string of the molecule is CCNC(=O)CN1CCCN(C(=O)/C=C/c2cccc(-c3ccccc3)c2)CC1. The predicted octanol–water partition coefficient (Wildman–Crippen LogP) is 3.04. The van der Waals surface area contributed by atoms with Gasteiger partial charge in [0.1, 0.15) is 0 Å². The molecule has 0 atom stereocenters. The average molecular weight is 392 g/mol. The maximum atomic E-state index is 12.7. The Bertz CT molecular complexity index is 848. The molecule has 2 amide bonds. The number of nitrogens with one attached hydrogen (secondary N) is 1. The zero-order valence-electron chi connectivity index (χ0n) is 17.0. The molecule has 1 fully saturated rings. The number of carbonyl (C=O) groups excluding carboxylic acids is 2. The Morgan fingerprint density at radius 3 is 2.55 bits per heavy atom. The lowest BCUT2D eigenvalue weighted by molar-refractivity contribution is -0.125. The van der Waals surface area contributed by atoms with Crippen molar-refractivity contribution < 1.29 is 9.59 Å². The quantitative estimate of drug-likeness (QED) is 0.770. The highest BCUT2D eigenvalue weighted by atomic mass is 16.2. The molecule has 0 bridgehead atoms. The summed E-state index contributed by atoms with van der Waals surface area (Å²) in [6, 6.07) is 18.4. The molecular weight excluding hydrogens is 362 g/mol. The number of nitrogens with zero attached hydrogens (tertiary/aromatic N) is 2. The average Bonchev–Trinajstić information content (AvgIpc) is 2.99. The molecule has 1 aliphatic rings. The van der Waals surface area contributed by atoms with Crippen LogP contribution in [-0.2, 0) is 9.59 Å². The second-order valence-electron chi connectivity index (χ2n) is 7.23. The summed E-state index contributed by atoms with van der Waals surface area (Å²) in [6.07, 6.45) is 4.41. The van der Waals surface area contributed by atoms with Crippen LogP contribution < -0.4 is 5.32 Å². The highest BCUT2D eigenvalue weighted by molar-refractivity contribution is 5.92. The summed E-state index contributed by atoms with van der Waals surface area (Å²) < 4.78 is 0. The molecule has 1 aliphatic heterocycles. The Kier molecular flexibility index (Phi) is 7.59. The van der Waals surface area contributed by atoms with E-state index in [1.165, 1.54) is 0 Å². The molecule has 2 aromatic carbocycles.